The average Bonchev–Trinajstić information content (AvgIpc) is 2.84. The predicted octanol–water partition coefficient (Wildman–Crippen LogP) is -0.474. The molecule has 23 heavy (non-hydrogen) atoms. The zero-order valence-corrected chi connectivity index (χ0v) is 13.6. The van der Waals surface area contributed by atoms with Crippen LogP contribution in [0.4, 0.5) is 0 Å². The highest BCUT2D eigenvalue weighted by Gasteiger charge is 2.21. The molecule has 1 N–H and O–H groups in total. The molecule has 0 saturated heterocycles. The van der Waals surface area contributed by atoms with Crippen molar-refractivity contribution >= 4 is 32.3 Å². The van der Waals surface area contributed by atoms with E-state index in [0.717, 1.165) is 0 Å². The van der Waals surface area contributed by atoms with Gasteiger partial charge in [0.05, 0.1) is 16.3 Å². The summed E-state index contributed by atoms with van der Waals surface area (Å²) in [5, 5.41) is 4.90. The van der Waals surface area contributed by atoms with Gasteiger partial charge in [0.1, 0.15) is 0 Å². The van der Waals surface area contributed by atoms with Crippen molar-refractivity contribution in [2.24, 2.45) is 0 Å². The van der Waals surface area contributed by atoms with E-state index < -0.39 is 10.2 Å². The van der Waals surface area contributed by atoms with Crippen LogP contribution in [0, 0.1) is 17.2 Å². The van der Waals surface area contributed by atoms with Crippen LogP contribution in [0.3, 0.4) is 0 Å². The van der Waals surface area contributed by atoms with Gasteiger partial charge in [0.2, 0.25) is 11.2 Å². The number of aromatic amines is 1. The number of hydrogen-bond acceptors (Lipinski definition) is 5. The van der Waals surface area contributed by atoms with E-state index in [1.54, 1.807) is 0 Å². The maximum absolute atomic E-state index is 8.49. The molecule has 0 saturated carbocycles. The Morgan fingerprint density at radius 3 is 2.39 bits per heavy atom. The van der Waals surface area contributed by atoms with Gasteiger partial charge in [0, 0.05) is 16.1 Å². The molecular formula is C16H12ClNO4S. The van der Waals surface area contributed by atoms with Crippen LogP contribution in [0.5, 0.6) is 0 Å². The summed E-state index contributed by atoms with van der Waals surface area (Å²) in [6.07, 6.45) is 0. The minimum Gasteiger partial charge on any atom is -0.222 e. The van der Waals surface area contributed by atoms with Gasteiger partial charge < -0.3 is 0 Å². The molecule has 118 valence electrons. The van der Waals surface area contributed by atoms with Crippen molar-refractivity contribution in [2.75, 3.05) is 0 Å². The minimum atomic E-state index is -4.94. The van der Waals surface area contributed by atoms with Gasteiger partial charge in [0.25, 0.3) is 0 Å². The summed E-state index contributed by atoms with van der Waals surface area (Å²) in [6.45, 7) is 2.14. The van der Waals surface area contributed by atoms with E-state index >= 15 is 0 Å². The highest BCUT2D eigenvalue weighted by Crippen LogP contribution is 2.36. The van der Waals surface area contributed by atoms with E-state index in [1.807, 2.05) is 11.3 Å². The zero-order chi connectivity index (χ0) is 16.6. The molecule has 2 aliphatic heterocycles. The Hall–Kier alpha value is -1.80. The fourth-order valence-electron chi connectivity index (χ4n) is 2.56. The molecule has 2 aromatic carbocycles. The summed E-state index contributed by atoms with van der Waals surface area (Å²) < 4.78 is 35.3. The second-order valence-corrected chi connectivity index (χ2v) is 6.74. The van der Waals surface area contributed by atoms with Crippen molar-refractivity contribution in [2.45, 2.75) is 6.92 Å². The van der Waals surface area contributed by atoms with Gasteiger partial charge in [-0.05, 0) is 25.1 Å². The number of H-pyrrole nitrogens is 1. The third-order valence-electron chi connectivity index (χ3n) is 3.45. The van der Waals surface area contributed by atoms with Gasteiger partial charge in [0.15, 0.2) is 0 Å². The Morgan fingerprint density at radius 2 is 1.65 bits per heavy atom. The Labute approximate surface area is 138 Å². The van der Waals surface area contributed by atoms with Crippen LogP contribution in [-0.4, -0.2) is 0 Å². The maximum Gasteiger partial charge on any atom is 0.221 e. The van der Waals surface area contributed by atoms with Crippen LogP contribution in [0.1, 0.15) is 5.56 Å². The van der Waals surface area contributed by atoms with Crippen molar-refractivity contribution in [3.05, 3.63) is 53.4 Å². The van der Waals surface area contributed by atoms with Crippen LogP contribution in [0.25, 0.3) is 32.2 Å². The zero-order valence-electron chi connectivity index (χ0n) is 12.0. The van der Waals surface area contributed by atoms with Crippen molar-refractivity contribution in [1.82, 2.24) is 0 Å². The smallest absolute Gasteiger partial charge is 0.221 e. The van der Waals surface area contributed by atoms with Gasteiger partial charge in [-0.25, -0.2) is 23.6 Å². The molecule has 2 heterocycles. The summed E-state index contributed by atoms with van der Waals surface area (Å²) in [5.74, 6) is 0. The fourth-order valence-corrected chi connectivity index (χ4v) is 3.49. The number of hydrogen-bond donors (Lipinski definition) is 0. The monoisotopic (exact) mass is 349 g/mol. The predicted molar refractivity (Wildman–Crippen MR) is 77.2 cm³/mol. The Balaban J connectivity index is 0.000000276. The molecule has 0 amide bonds. The van der Waals surface area contributed by atoms with E-state index in [-0.39, 0.29) is 0 Å². The third kappa shape index (κ3) is 3.59. The van der Waals surface area contributed by atoms with E-state index in [0.29, 0.717) is 0 Å². The van der Waals surface area contributed by atoms with Crippen LogP contribution in [0.2, 0.25) is 0 Å². The first-order valence-electron chi connectivity index (χ1n) is 6.66. The molecule has 5 nitrogen and oxygen atoms in total. The highest BCUT2D eigenvalue weighted by molar-refractivity contribution is 7.17. The normalized spacial score (nSPS) is 11.7. The first kappa shape index (κ1) is 16.1. The van der Waals surface area contributed by atoms with Gasteiger partial charge >= 0.3 is 0 Å². The first-order chi connectivity index (χ1) is 10.8. The quantitative estimate of drug-likeness (QED) is 0.427. The number of aryl methyl sites for hydroxylation is 1. The second-order valence-electron chi connectivity index (χ2n) is 5.07. The minimum absolute atomic E-state index is 1.22. The molecule has 0 atom stereocenters. The molecule has 0 radical (unpaired) electrons. The lowest BCUT2D eigenvalue weighted by atomic mass is 10.1. The Bertz CT molecular complexity index is 942. The molecule has 2 aromatic rings. The largest absolute Gasteiger partial charge is 0.222 e. The fraction of sp³-hybridized carbons (Fsp3) is 0.0625. The highest BCUT2D eigenvalue weighted by atomic mass is 35.7. The lowest BCUT2D eigenvalue weighted by Crippen LogP contribution is -2.68. The molecule has 0 bridgehead atoms. The Kier molecular flexibility index (Phi) is 4.20. The molecular weight excluding hydrogens is 338 g/mol. The average molecular weight is 350 g/mol. The van der Waals surface area contributed by atoms with Crippen molar-refractivity contribution in [3.8, 4) is 11.3 Å². The number of aromatic nitrogens is 1. The van der Waals surface area contributed by atoms with Crippen LogP contribution >= 0.6 is 11.3 Å². The van der Waals surface area contributed by atoms with Gasteiger partial charge in [-0.15, -0.1) is 21.6 Å². The van der Waals surface area contributed by atoms with E-state index in [2.05, 4.69) is 59.8 Å². The van der Waals surface area contributed by atoms with Gasteiger partial charge in [-0.3, -0.25) is 0 Å². The standard InChI is InChI=1S/C16H11NS.ClHO4/c1-10-6-7-15-12(8-10)16-13(9-18-15)11-4-2-3-5-14(11)17-16;2-1(3,4)5/h2-9H,1H3;(H,2,3,4,5). The summed E-state index contributed by atoms with van der Waals surface area (Å²) in [6, 6.07) is 15.1. The van der Waals surface area contributed by atoms with Gasteiger partial charge in [-0.2, -0.15) is 0 Å². The molecule has 0 spiro atoms. The van der Waals surface area contributed by atoms with Crippen LogP contribution in [0.15, 0.2) is 47.8 Å². The van der Waals surface area contributed by atoms with E-state index in [4.69, 9.17) is 18.6 Å². The SMILES string of the molecule is Cc1ccc2scc3c4ccccc4[nH+]c-3c2c1.[O-][Cl+3]([O-])([O-])[O-]. The summed E-state index contributed by atoms with van der Waals surface area (Å²) in [5.41, 5.74) is 5.11. The molecule has 0 aromatic heterocycles. The number of fused-ring (bicyclic) bond motifs is 5. The molecule has 7 heteroatoms. The number of nitrogens with one attached hydrogen (secondary N) is 1. The first-order valence-corrected chi connectivity index (χ1v) is 8.78. The van der Waals surface area contributed by atoms with Crippen molar-refractivity contribution in [3.63, 3.8) is 0 Å². The second kappa shape index (κ2) is 6.01. The summed E-state index contributed by atoms with van der Waals surface area (Å²) in [4.78, 5) is 3.55. The van der Waals surface area contributed by atoms with Crippen LogP contribution < -0.4 is 23.6 Å². The van der Waals surface area contributed by atoms with E-state index in [1.165, 1.54) is 37.8 Å². The number of para-hydroxylation sites is 1. The third-order valence-corrected chi connectivity index (χ3v) is 4.42. The summed E-state index contributed by atoms with van der Waals surface area (Å²) in [7, 11) is -4.94. The topological polar surface area (TPSA) is 106 Å². The number of halogens is 1. The molecule has 0 aliphatic carbocycles. The molecule has 2 aliphatic rings. The number of rotatable bonds is 0. The van der Waals surface area contributed by atoms with Crippen molar-refractivity contribution in [1.29, 1.82) is 0 Å². The maximum atomic E-state index is 8.49. The van der Waals surface area contributed by atoms with Gasteiger partial charge in [-0.1, -0.05) is 23.8 Å². The molecule has 0 fully saturated rings. The summed E-state index contributed by atoms with van der Waals surface area (Å²) >= 11 is 1.81. The number of benzene rings is 2. The Morgan fingerprint density at radius 1 is 0.957 bits per heavy atom. The van der Waals surface area contributed by atoms with Crippen LogP contribution in [-0.2, 0) is 0 Å². The lowest BCUT2D eigenvalue weighted by Gasteiger charge is -2.17. The molecule has 0 unspecified atom stereocenters. The van der Waals surface area contributed by atoms with E-state index in [9.17, 15) is 0 Å². The molecule has 4 rings (SSSR count). The van der Waals surface area contributed by atoms with Crippen molar-refractivity contribution < 1.29 is 33.9 Å². The lowest BCUT2D eigenvalue weighted by molar-refractivity contribution is -2.00.